The van der Waals surface area contributed by atoms with Gasteiger partial charge in [0.25, 0.3) is 0 Å². The molecule has 160 valence electrons. The summed E-state index contributed by atoms with van der Waals surface area (Å²) in [6.07, 6.45) is 0. The van der Waals surface area contributed by atoms with Gasteiger partial charge in [0.15, 0.2) is 0 Å². The standard InChI is InChI=1S/C25H26ClN3O2/c1-17-13-18(2)15-20(14-17)27-25(31)24(19-9-5-4-6-10-19)29(3)16-23(30)28-22-12-8-7-11-21(22)26/h4-15,24H,16H2,1-3H3,(H,27,31)(H,28,30). The van der Waals surface area contributed by atoms with Crippen LogP contribution in [0.3, 0.4) is 0 Å². The summed E-state index contributed by atoms with van der Waals surface area (Å²) < 4.78 is 0. The lowest BCUT2D eigenvalue weighted by atomic mass is 10.0. The van der Waals surface area contributed by atoms with E-state index in [1.165, 1.54) is 0 Å². The normalized spacial score (nSPS) is 11.8. The van der Waals surface area contributed by atoms with E-state index in [1.807, 2.05) is 56.3 Å². The number of carbonyl (C=O) groups is 2. The molecule has 0 aliphatic carbocycles. The molecule has 1 atom stereocenters. The number of nitrogens with one attached hydrogen (secondary N) is 2. The van der Waals surface area contributed by atoms with Crippen LogP contribution in [0.1, 0.15) is 22.7 Å². The summed E-state index contributed by atoms with van der Waals surface area (Å²) in [6.45, 7) is 4.00. The van der Waals surface area contributed by atoms with Crippen LogP contribution in [0.2, 0.25) is 5.02 Å². The summed E-state index contributed by atoms with van der Waals surface area (Å²) in [7, 11) is 1.75. The van der Waals surface area contributed by atoms with Crippen molar-refractivity contribution >= 4 is 34.8 Å². The second-order valence-corrected chi connectivity index (χ2v) is 8.03. The van der Waals surface area contributed by atoms with Crippen LogP contribution in [0.5, 0.6) is 0 Å². The average molecular weight is 436 g/mol. The molecule has 3 aromatic carbocycles. The molecule has 1 unspecified atom stereocenters. The molecule has 5 nitrogen and oxygen atoms in total. The van der Waals surface area contributed by atoms with Crippen molar-refractivity contribution in [2.24, 2.45) is 0 Å². The summed E-state index contributed by atoms with van der Waals surface area (Å²) in [6, 6.07) is 21.7. The summed E-state index contributed by atoms with van der Waals surface area (Å²) in [4.78, 5) is 27.6. The van der Waals surface area contributed by atoms with Crippen molar-refractivity contribution in [3.63, 3.8) is 0 Å². The van der Waals surface area contributed by atoms with Crippen LogP contribution in [0, 0.1) is 13.8 Å². The van der Waals surface area contributed by atoms with E-state index in [9.17, 15) is 9.59 Å². The molecule has 31 heavy (non-hydrogen) atoms. The fraction of sp³-hybridized carbons (Fsp3) is 0.200. The lowest BCUT2D eigenvalue weighted by molar-refractivity contribution is -0.123. The second kappa shape index (κ2) is 10.2. The molecule has 3 rings (SSSR count). The van der Waals surface area contributed by atoms with Gasteiger partial charge in [-0.25, -0.2) is 0 Å². The SMILES string of the molecule is Cc1cc(C)cc(NC(=O)C(c2ccccc2)N(C)CC(=O)Nc2ccccc2Cl)c1. The van der Waals surface area contributed by atoms with Gasteiger partial charge in [-0.1, -0.05) is 60.1 Å². The number of rotatable bonds is 7. The number of likely N-dealkylation sites (N-methyl/N-ethyl adjacent to an activating group) is 1. The van der Waals surface area contributed by atoms with Crippen molar-refractivity contribution in [3.05, 3.63) is 94.5 Å². The number of aryl methyl sites for hydroxylation is 2. The maximum atomic E-state index is 13.3. The zero-order chi connectivity index (χ0) is 22.4. The van der Waals surface area contributed by atoms with Crippen molar-refractivity contribution < 1.29 is 9.59 Å². The van der Waals surface area contributed by atoms with Gasteiger partial charge in [-0.3, -0.25) is 14.5 Å². The second-order valence-electron chi connectivity index (χ2n) is 7.62. The fourth-order valence-electron chi connectivity index (χ4n) is 3.57. The van der Waals surface area contributed by atoms with Crippen LogP contribution < -0.4 is 10.6 Å². The largest absolute Gasteiger partial charge is 0.324 e. The minimum atomic E-state index is -0.640. The highest BCUT2D eigenvalue weighted by Crippen LogP contribution is 2.24. The first-order chi connectivity index (χ1) is 14.8. The Labute approximate surface area is 188 Å². The smallest absolute Gasteiger partial charge is 0.246 e. The molecule has 0 aliphatic heterocycles. The van der Waals surface area contributed by atoms with Crippen molar-refractivity contribution in [2.75, 3.05) is 24.2 Å². The Kier molecular flexibility index (Phi) is 7.45. The molecule has 2 N–H and O–H groups in total. The Morgan fingerprint density at radius 1 is 0.903 bits per heavy atom. The molecule has 0 aromatic heterocycles. The molecule has 0 spiro atoms. The van der Waals surface area contributed by atoms with Gasteiger partial charge in [0.2, 0.25) is 11.8 Å². The zero-order valence-electron chi connectivity index (χ0n) is 17.9. The molecule has 0 saturated heterocycles. The number of benzene rings is 3. The van der Waals surface area contributed by atoms with Crippen LogP contribution >= 0.6 is 11.6 Å². The third-order valence-electron chi connectivity index (χ3n) is 4.83. The van der Waals surface area contributed by atoms with Crippen LogP contribution in [-0.4, -0.2) is 30.3 Å². The van der Waals surface area contributed by atoms with E-state index < -0.39 is 6.04 Å². The Bertz CT molecular complexity index is 1050. The first kappa shape index (κ1) is 22.5. The van der Waals surface area contributed by atoms with Crippen LogP contribution in [0.15, 0.2) is 72.8 Å². The third kappa shape index (κ3) is 6.17. The summed E-state index contributed by atoms with van der Waals surface area (Å²) in [5, 5.41) is 6.27. The van der Waals surface area contributed by atoms with Gasteiger partial charge in [0.05, 0.1) is 17.3 Å². The lowest BCUT2D eigenvalue weighted by Gasteiger charge is -2.27. The average Bonchev–Trinajstić information content (AvgIpc) is 2.70. The molecule has 0 bridgehead atoms. The topological polar surface area (TPSA) is 61.4 Å². The van der Waals surface area contributed by atoms with Crippen molar-refractivity contribution in [1.82, 2.24) is 4.90 Å². The summed E-state index contributed by atoms with van der Waals surface area (Å²) in [5.74, 6) is -0.458. The molecule has 2 amide bonds. The number of hydrogen-bond donors (Lipinski definition) is 2. The number of halogens is 1. The molecule has 3 aromatic rings. The monoisotopic (exact) mass is 435 g/mol. The Hall–Kier alpha value is -3.15. The van der Waals surface area contributed by atoms with Gasteiger partial charge in [0, 0.05) is 5.69 Å². The van der Waals surface area contributed by atoms with Crippen molar-refractivity contribution in [3.8, 4) is 0 Å². The number of para-hydroxylation sites is 1. The minimum Gasteiger partial charge on any atom is -0.324 e. The predicted octanol–water partition coefficient (Wildman–Crippen LogP) is 5.21. The fourth-order valence-corrected chi connectivity index (χ4v) is 3.75. The Morgan fingerprint density at radius 2 is 1.52 bits per heavy atom. The molecular weight excluding hydrogens is 410 g/mol. The molecule has 0 aliphatic rings. The van der Waals surface area contributed by atoms with E-state index in [-0.39, 0.29) is 18.4 Å². The van der Waals surface area contributed by atoms with E-state index in [0.29, 0.717) is 10.7 Å². The van der Waals surface area contributed by atoms with E-state index in [1.54, 1.807) is 36.2 Å². The van der Waals surface area contributed by atoms with Crippen molar-refractivity contribution in [1.29, 1.82) is 0 Å². The van der Waals surface area contributed by atoms with E-state index >= 15 is 0 Å². The van der Waals surface area contributed by atoms with Crippen LogP contribution in [-0.2, 0) is 9.59 Å². The highest BCUT2D eigenvalue weighted by molar-refractivity contribution is 6.33. The number of nitrogens with zero attached hydrogens (tertiary/aromatic N) is 1. The molecule has 0 fully saturated rings. The third-order valence-corrected chi connectivity index (χ3v) is 5.16. The highest BCUT2D eigenvalue weighted by Gasteiger charge is 2.27. The van der Waals surface area contributed by atoms with E-state index in [4.69, 9.17) is 11.6 Å². The van der Waals surface area contributed by atoms with E-state index in [2.05, 4.69) is 16.7 Å². The molecule has 0 radical (unpaired) electrons. The number of carbonyl (C=O) groups excluding carboxylic acids is 2. The molecule has 0 heterocycles. The number of hydrogen-bond acceptors (Lipinski definition) is 3. The number of amides is 2. The highest BCUT2D eigenvalue weighted by atomic mass is 35.5. The first-order valence-electron chi connectivity index (χ1n) is 10.0. The van der Waals surface area contributed by atoms with Gasteiger partial charge >= 0.3 is 0 Å². The van der Waals surface area contributed by atoms with Crippen molar-refractivity contribution in [2.45, 2.75) is 19.9 Å². The van der Waals surface area contributed by atoms with Gasteiger partial charge in [-0.05, 0) is 61.9 Å². The number of anilines is 2. The van der Waals surface area contributed by atoms with Gasteiger partial charge in [0.1, 0.15) is 6.04 Å². The zero-order valence-corrected chi connectivity index (χ0v) is 18.6. The molecule has 0 saturated carbocycles. The van der Waals surface area contributed by atoms with Gasteiger partial charge in [-0.15, -0.1) is 0 Å². The Morgan fingerprint density at radius 3 is 2.16 bits per heavy atom. The maximum Gasteiger partial charge on any atom is 0.246 e. The minimum absolute atomic E-state index is 0.0189. The maximum absolute atomic E-state index is 13.3. The lowest BCUT2D eigenvalue weighted by Crippen LogP contribution is -2.39. The van der Waals surface area contributed by atoms with Crippen LogP contribution in [0.25, 0.3) is 0 Å². The van der Waals surface area contributed by atoms with Crippen LogP contribution in [0.4, 0.5) is 11.4 Å². The quantitative estimate of drug-likeness (QED) is 0.535. The summed E-state index contributed by atoms with van der Waals surface area (Å²) in [5.41, 5.74) is 4.21. The molecule has 6 heteroatoms. The summed E-state index contributed by atoms with van der Waals surface area (Å²) >= 11 is 6.14. The molecular formula is C25H26ClN3O2. The van der Waals surface area contributed by atoms with E-state index in [0.717, 1.165) is 22.4 Å². The predicted molar refractivity (Wildman–Crippen MR) is 126 cm³/mol. The Balaban J connectivity index is 1.79. The van der Waals surface area contributed by atoms with Gasteiger partial charge in [-0.2, -0.15) is 0 Å². The van der Waals surface area contributed by atoms with Gasteiger partial charge < -0.3 is 10.6 Å². The first-order valence-corrected chi connectivity index (χ1v) is 10.4.